The lowest BCUT2D eigenvalue weighted by molar-refractivity contribution is 0.276. The first-order valence-corrected chi connectivity index (χ1v) is 7.09. The summed E-state index contributed by atoms with van der Waals surface area (Å²) in [5.74, 6) is 0.748. The number of anilines is 1. The number of likely N-dealkylation sites (tertiary alicyclic amines) is 1. The van der Waals surface area contributed by atoms with Crippen molar-refractivity contribution >= 4 is 23.0 Å². The summed E-state index contributed by atoms with van der Waals surface area (Å²) in [4.78, 5) is 2.29. The number of thiocarbonyl (C=S) groups is 1. The number of nitrogens with one attached hydrogen (secondary N) is 1. The molecule has 1 fully saturated rings. The van der Waals surface area contributed by atoms with Crippen LogP contribution in [0.4, 0.5) is 5.69 Å². The largest absolute Gasteiger partial charge is 0.349 e. The molecule has 98 valence electrons. The molecule has 0 unspecified atom stereocenters. The van der Waals surface area contributed by atoms with Gasteiger partial charge in [-0.25, -0.2) is 0 Å². The lowest BCUT2D eigenvalue weighted by atomic mass is 10.0. The van der Waals surface area contributed by atoms with Crippen molar-refractivity contribution in [1.82, 2.24) is 4.90 Å². The highest BCUT2D eigenvalue weighted by molar-refractivity contribution is 7.80. The zero-order valence-corrected chi connectivity index (χ0v) is 12.3. The Morgan fingerprint density at radius 2 is 1.94 bits per heavy atom. The molecule has 1 aromatic rings. The van der Waals surface area contributed by atoms with Gasteiger partial charge < -0.3 is 10.2 Å². The van der Waals surface area contributed by atoms with Gasteiger partial charge in [-0.3, -0.25) is 0 Å². The molecule has 0 aromatic heterocycles. The average Bonchev–Trinajstić information content (AvgIpc) is 2.27. The van der Waals surface area contributed by atoms with Gasteiger partial charge in [0.15, 0.2) is 5.11 Å². The maximum absolute atomic E-state index is 5.51. The number of nitrogens with zero attached hydrogens (tertiary/aromatic N) is 1. The van der Waals surface area contributed by atoms with Crippen molar-refractivity contribution < 1.29 is 0 Å². The Bertz CT molecular complexity index is 422. The molecular weight excluding hydrogens is 240 g/mol. The highest BCUT2D eigenvalue weighted by Crippen LogP contribution is 2.18. The molecule has 0 radical (unpaired) electrons. The van der Waals surface area contributed by atoms with E-state index in [1.807, 2.05) is 0 Å². The summed E-state index contributed by atoms with van der Waals surface area (Å²) in [6, 6.07) is 6.47. The van der Waals surface area contributed by atoms with Crippen molar-refractivity contribution in [3.05, 3.63) is 29.3 Å². The van der Waals surface area contributed by atoms with Crippen molar-refractivity contribution in [2.75, 3.05) is 18.4 Å². The van der Waals surface area contributed by atoms with Gasteiger partial charge in [-0.2, -0.15) is 0 Å². The van der Waals surface area contributed by atoms with Gasteiger partial charge in [0.2, 0.25) is 0 Å². The van der Waals surface area contributed by atoms with E-state index in [9.17, 15) is 0 Å². The van der Waals surface area contributed by atoms with Crippen LogP contribution in [-0.4, -0.2) is 23.1 Å². The van der Waals surface area contributed by atoms with Crippen LogP contribution in [0.15, 0.2) is 18.2 Å². The van der Waals surface area contributed by atoms with Gasteiger partial charge in [0.05, 0.1) is 0 Å². The molecule has 1 N–H and O–H groups in total. The Labute approximate surface area is 115 Å². The highest BCUT2D eigenvalue weighted by Gasteiger charge is 2.18. The lowest BCUT2D eigenvalue weighted by Crippen LogP contribution is -2.41. The maximum atomic E-state index is 5.51. The van der Waals surface area contributed by atoms with E-state index < -0.39 is 0 Å². The van der Waals surface area contributed by atoms with Crippen LogP contribution in [0.2, 0.25) is 0 Å². The Morgan fingerprint density at radius 1 is 1.28 bits per heavy atom. The van der Waals surface area contributed by atoms with Crippen molar-refractivity contribution in [2.45, 2.75) is 33.6 Å². The van der Waals surface area contributed by atoms with Gasteiger partial charge in [0, 0.05) is 18.8 Å². The molecule has 0 amide bonds. The molecule has 1 aromatic carbocycles. The third-order valence-electron chi connectivity index (χ3n) is 3.42. The first kappa shape index (κ1) is 13.3. The zero-order chi connectivity index (χ0) is 13.1. The molecule has 1 saturated heterocycles. The number of benzene rings is 1. The fraction of sp³-hybridized carbons (Fsp3) is 0.533. The molecule has 0 spiro atoms. The second-order valence-electron chi connectivity index (χ2n) is 5.50. The van der Waals surface area contributed by atoms with Crippen molar-refractivity contribution in [1.29, 1.82) is 0 Å². The normalized spacial score (nSPS) is 19.7. The van der Waals surface area contributed by atoms with Gasteiger partial charge in [-0.1, -0.05) is 13.0 Å². The topological polar surface area (TPSA) is 15.3 Å². The van der Waals surface area contributed by atoms with Crippen LogP contribution in [0.25, 0.3) is 0 Å². The lowest BCUT2D eigenvalue weighted by Gasteiger charge is -2.33. The summed E-state index contributed by atoms with van der Waals surface area (Å²) in [5.41, 5.74) is 3.65. The third kappa shape index (κ3) is 3.45. The Hall–Kier alpha value is -1.09. The van der Waals surface area contributed by atoms with Crippen LogP contribution >= 0.6 is 12.2 Å². The van der Waals surface area contributed by atoms with E-state index in [-0.39, 0.29) is 0 Å². The molecule has 2 nitrogen and oxygen atoms in total. The van der Waals surface area contributed by atoms with Gasteiger partial charge >= 0.3 is 0 Å². The number of hydrogen-bond acceptors (Lipinski definition) is 1. The minimum atomic E-state index is 0.748. The van der Waals surface area contributed by atoms with Crippen molar-refractivity contribution in [2.24, 2.45) is 5.92 Å². The summed E-state index contributed by atoms with van der Waals surface area (Å²) in [7, 11) is 0. The van der Waals surface area contributed by atoms with E-state index in [4.69, 9.17) is 12.2 Å². The van der Waals surface area contributed by atoms with Gasteiger partial charge in [-0.05, 0) is 68.1 Å². The van der Waals surface area contributed by atoms with Crippen LogP contribution in [0.1, 0.15) is 30.9 Å². The molecule has 2 rings (SSSR count). The summed E-state index contributed by atoms with van der Waals surface area (Å²) in [6.45, 7) is 8.69. The monoisotopic (exact) mass is 262 g/mol. The Morgan fingerprint density at radius 3 is 2.56 bits per heavy atom. The van der Waals surface area contributed by atoms with Crippen molar-refractivity contribution in [3.8, 4) is 0 Å². The number of aryl methyl sites for hydroxylation is 2. The van der Waals surface area contributed by atoms with Crippen molar-refractivity contribution in [3.63, 3.8) is 0 Å². The molecule has 1 heterocycles. The standard InChI is InChI=1S/C15H22N2S/c1-11-5-4-6-17(10-11)15(18)16-14-8-12(2)7-13(3)9-14/h7-9,11H,4-6,10H2,1-3H3,(H,16,18)/t11-/m0/s1. The van der Waals surface area contributed by atoms with E-state index in [1.165, 1.54) is 24.0 Å². The highest BCUT2D eigenvalue weighted by atomic mass is 32.1. The number of rotatable bonds is 1. The molecule has 1 atom stereocenters. The van der Waals surface area contributed by atoms with E-state index >= 15 is 0 Å². The van der Waals surface area contributed by atoms with E-state index in [2.05, 4.69) is 49.2 Å². The summed E-state index contributed by atoms with van der Waals surface area (Å²) < 4.78 is 0. The maximum Gasteiger partial charge on any atom is 0.173 e. The molecule has 0 bridgehead atoms. The summed E-state index contributed by atoms with van der Waals surface area (Å²) in [6.07, 6.45) is 2.57. The number of hydrogen-bond donors (Lipinski definition) is 1. The molecule has 0 saturated carbocycles. The molecule has 1 aliphatic rings. The molecule has 18 heavy (non-hydrogen) atoms. The van der Waals surface area contributed by atoms with Crippen LogP contribution < -0.4 is 5.32 Å². The average molecular weight is 262 g/mol. The van der Waals surface area contributed by atoms with E-state index in [0.29, 0.717) is 0 Å². The SMILES string of the molecule is Cc1cc(C)cc(NC(=S)N2CCC[C@H](C)C2)c1. The molecular formula is C15H22N2S. The predicted octanol–water partition coefficient (Wildman–Crippen LogP) is 3.73. The minimum Gasteiger partial charge on any atom is -0.349 e. The van der Waals surface area contributed by atoms with Crippen LogP contribution in [0, 0.1) is 19.8 Å². The quantitative estimate of drug-likeness (QED) is 0.776. The van der Waals surface area contributed by atoms with Gasteiger partial charge in [-0.15, -0.1) is 0 Å². The first-order valence-electron chi connectivity index (χ1n) is 6.69. The predicted molar refractivity (Wildman–Crippen MR) is 82.1 cm³/mol. The summed E-state index contributed by atoms with van der Waals surface area (Å²) >= 11 is 5.51. The van der Waals surface area contributed by atoms with Crippen LogP contribution in [-0.2, 0) is 0 Å². The van der Waals surface area contributed by atoms with E-state index in [1.54, 1.807) is 0 Å². The minimum absolute atomic E-state index is 0.748. The van der Waals surface area contributed by atoms with Gasteiger partial charge in [0.25, 0.3) is 0 Å². The second kappa shape index (κ2) is 5.70. The van der Waals surface area contributed by atoms with Crippen LogP contribution in [0.3, 0.4) is 0 Å². The van der Waals surface area contributed by atoms with Crippen LogP contribution in [0.5, 0.6) is 0 Å². The van der Waals surface area contributed by atoms with E-state index in [0.717, 1.165) is 29.8 Å². The first-order chi connectivity index (χ1) is 8.54. The van der Waals surface area contributed by atoms with Gasteiger partial charge in [0.1, 0.15) is 0 Å². The molecule has 0 aliphatic carbocycles. The second-order valence-corrected chi connectivity index (χ2v) is 5.89. The number of piperidine rings is 1. The third-order valence-corrected chi connectivity index (χ3v) is 3.78. The Balaban J connectivity index is 2.02. The fourth-order valence-corrected chi connectivity index (χ4v) is 2.91. The molecule has 1 aliphatic heterocycles. The zero-order valence-electron chi connectivity index (χ0n) is 11.5. The Kier molecular flexibility index (Phi) is 4.23. The summed E-state index contributed by atoms with van der Waals surface area (Å²) in [5, 5.41) is 4.24. The fourth-order valence-electron chi connectivity index (χ4n) is 2.62. The smallest absolute Gasteiger partial charge is 0.173 e. The molecule has 3 heteroatoms.